The minimum Gasteiger partial charge on any atom is -0.508 e. The van der Waals surface area contributed by atoms with E-state index >= 15 is 0 Å². The van der Waals surface area contributed by atoms with Crippen LogP contribution >= 0.6 is 0 Å². The second kappa shape index (κ2) is 20.9. The minimum absolute atomic E-state index is 0.0147. The summed E-state index contributed by atoms with van der Waals surface area (Å²) in [5.74, 6) is -2.63. The smallest absolute Gasteiger partial charge is 0.243 e. The lowest BCUT2D eigenvalue weighted by Crippen LogP contribution is -2.58. The van der Waals surface area contributed by atoms with Gasteiger partial charge >= 0.3 is 0 Å². The molecular formula is C35H54N10O6. The molecule has 1 aliphatic heterocycles. The number of fused-ring (bicyclic) bond motifs is 5. The van der Waals surface area contributed by atoms with E-state index < -0.39 is 53.8 Å². The van der Waals surface area contributed by atoms with Crippen molar-refractivity contribution in [3.05, 3.63) is 53.6 Å². The fraction of sp³-hybridized carbons (Fsp3) is 0.514. The van der Waals surface area contributed by atoms with Gasteiger partial charge in [-0.2, -0.15) is 0 Å². The second-order valence-electron chi connectivity index (χ2n) is 12.7. The Morgan fingerprint density at radius 3 is 2.27 bits per heavy atom. The van der Waals surface area contributed by atoms with Gasteiger partial charge in [0.2, 0.25) is 29.5 Å². The highest BCUT2D eigenvalue weighted by molar-refractivity contribution is 5.95. The van der Waals surface area contributed by atoms with E-state index in [4.69, 9.17) is 28.7 Å². The van der Waals surface area contributed by atoms with Crippen molar-refractivity contribution in [3.8, 4) is 16.9 Å². The summed E-state index contributed by atoms with van der Waals surface area (Å²) in [6.45, 7) is 1.36. The lowest BCUT2D eigenvalue weighted by atomic mass is 9.96. The zero-order chi connectivity index (χ0) is 37.3. The Labute approximate surface area is 298 Å². The van der Waals surface area contributed by atoms with Crippen LogP contribution in [0.15, 0.2) is 42.5 Å². The molecule has 1 heterocycles. The number of benzene rings is 2. The molecule has 3 rings (SSSR count). The fourth-order valence-corrected chi connectivity index (χ4v) is 5.70. The van der Waals surface area contributed by atoms with Crippen LogP contribution in [0.1, 0.15) is 49.7 Å². The highest BCUT2D eigenvalue weighted by Gasteiger charge is 2.31. The fourth-order valence-electron chi connectivity index (χ4n) is 5.70. The van der Waals surface area contributed by atoms with Gasteiger partial charge in [0, 0.05) is 32.5 Å². The van der Waals surface area contributed by atoms with E-state index in [0.717, 1.165) is 11.1 Å². The van der Waals surface area contributed by atoms with Crippen molar-refractivity contribution in [3.63, 3.8) is 0 Å². The minimum atomic E-state index is -1.14. The Kier molecular flexibility index (Phi) is 16.7. The summed E-state index contributed by atoms with van der Waals surface area (Å²) >= 11 is 0. The molecule has 0 aliphatic carbocycles. The number of nitrogens with one attached hydrogen (secondary N) is 5. The van der Waals surface area contributed by atoms with Crippen molar-refractivity contribution in [2.75, 3.05) is 32.7 Å². The highest BCUT2D eigenvalue weighted by atomic mass is 16.3. The molecule has 5 amide bonds. The SMILES string of the molecule is NCCC[C@@H]1NC(=O)[C@@H](N)Cc2cc(ccc2O)-c2cccc(c2)C[C@@H](C(=O)N[C@H](CCCN)C(=O)NCCC[C@H](N)C(=O)NCCN)NC1=O. The van der Waals surface area contributed by atoms with Crippen LogP contribution in [0.4, 0.5) is 0 Å². The van der Waals surface area contributed by atoms with Crippen molar-refractivity contribution in [1.29, 1.82) is 0 Å². The molecule has 16 N–H and O–H groups in total. The van der Waals surface area contributed by atoms with E-state index in [2.05, 4.69) is 26.6 Å². The first-order valence-electron chi connectivity index (χ1n) is 17.5. The zero-order valence-electron chi connectivity index (χ0n) is 29.0. The molecule has 0 radical (unpaired) electrons. The lowest BCUT2D eigenvalue weighted by Gasteiger charge is -2.26. The number of carbonyl (C=O) groups excluding carboxylic acids is 5. The van der Waals surface area contributed by atoms with E-state index in [0.29, 0.717) is 49.9 Å². The van der Waals surface area contributed by atoms with Crippen LogP contribution in [-0.4, -0.2) is 97.6 Å². The van der Waals surface area contributed by atoms with E-state index in [9.17, 15) is 29.1 Å². The molecular weight excluding hydrogens is 656 g/mol. The Balaban J connectivity index is 1.86. The van der Waals surface area contributed by atoms with Gasteiger partial charge in [-0.15, -0.1) is 0 Å². The van der Waals surface area contributed by atoms with Gasteiger partial charge in [-0.25, -0.2) is 0 Å². The monoisotopic (exact) mass is 710 g/mol. The third-order valence-corrected chi connectivity index (χ3v) is 8.62. The molecule has 0 aromatic heterocycles. The van der Waals surface area contributed by atoms with E-state index in [1.807, 2.05) is 24.3 Å². The number of carbonyl (C=O) groups is 5. The normalized spacial score (nSPS) is 19.0. The first kappa shape index (κ1) is 40.8. The average molecular weight is 711 g/mol. The molecule has 5 atom stereocenters. The quantitative estimate of drug-likeness (QED) is 0.0825. The van der Waals surface area contributed by atoms with Crippen LogP contribution in [-0.2, 0) is 36.8 Å². The molecule has 1 aliphatic rings. The average Bonchev–Trinajstić information content (AvgIpc) is 3.12. The Morgan fingerprint density at radius 1 is 0.824 bits per heavy atom. The maximum atomic E-state index is 13.9. The predicted octanol–water partition coefficient (Wildman–Crippen LogP) is -2.28. The number of rotatable bonds is 16. The van der Waals surface area contributed by atoms with Crippen molar-refractivity contribution < 1.29 is 29.1 Å². The lowest BCUT2D eigenvalue weighted by molar-refractivity contribution is -0.134. The largest absolute Gasteiger partial charge is 0.508 e. The Hall–Kier alpha value is -4.61. The van der Waals surface area contributed by atoms with Gasteiger partial charge in [-0.1, -0.05) is 30.3 Å². The van der Waals surface area contributed by atoms with E-state index in [1.165, 1.54) is 6.07 Å². The van der Waals surface area contributed by atoms with Gasteiger partial charge in [0.05, 0.1) is 12.1 Å². The van der Waals surface area contributed by atoms with Gasteiger partial charge < -0.3 is 60.4 Å². The van der Waals surface area contributed by atoms with Gasteiger partial charge in [-0.05, 0) is 86.0 Å². The molecule has 0 saturated carbocycles. The summed E-state index contributed by atoms with van der Waals surface area (Å²) in [5.41, 5.74) is 31.7. The topological polar surface area (TPSA) is 296 Å². The molecule has 51 heavy (non-hydrogen) atoms. The molecule has 16 nitrogen and oxygen atoms in total. The molecule has 0 saturated heterocycles. The van der Waals surface area contributed by atoms with Gasteiger partial charge in [-0.3, -0.25) is 24.0 Å². The number of hydrogen-bond donors (Lipinski definition) is 11. The van der Waals surface area contributed by atoms with E-state index in [-0.39, 0.29) is 57.0 Å². The third kappa shape index (κ3) is 12.9. The van der Waals surface area contributed by atoms with Gasteiger partial charge in [0.1, 0.15) is 23.9 Å². The number of nitrogens with two attached hydrogens (primary N) is 5. The number of hydrogen-bond acceptors (Lipinski definition) is 11. The third-order valence-electron chi connectivity index (χ3n) is 8.62. The summed E-state index contributed by atoms with van der Waals surface area (Å²) < 4.78 is 0. The first-order valence-corrected chi connectivity index (χ1v) is 17.5. The molecule has 4 bridgehead atoms. The maximum absolute atomic E-state index is 13.9. The van der Waals surface area contributed by atoms with Crippen LogP contribution in [0.25, 0.3) is 11.1 Å². The van der Waals surface area contributed by atoms with Crippen LogP contribution < -0.4 is 55.3 Å². The summed E-state index contributed by atoms with van der Waals surface area (Å²) in [6, 6.07) is 7.40. The molecule has 0 spiro atoms. The summed E-state index contributed by atoms with van der Waals surface area (Å²) in [7, 11) is 0. The number of aromatic hydroxyl groups is 1. The first-order chi connectivity index (χ1) is 24.5. The zero-order valence-corrected chi connectivity index (χ0v) is 29.0. The predicted molar refractivity (Wildman–Crippen MR) is 194 cm³/mol. The number of amides is 5. The van der Waals surface area contributed by atoms with Gasteiger partial charge in [0.15, 0.2) is 0 Å². The van der Waals surface area contributed by atoms with Crippen molar-refractivity contribution >= 4 is 29.5 Å². The second-order valence-corrected chi connectivity index (χ2v) is 12.7. The molecule has 0 fully saturated rings. The molecule has 2 aromatic carbocycles. The van der Waals surface area contributed by atoms with Crippen molar-refractivity contribution in [2.45, 2.75) is 81.6 Å². The Bertz CT molecular complexity index is 1490. The highest BCUT2D eigenvalue weighted by Crippen LogP contribution is 2.28. The van der Waals surface area contributed by atoms with Crippen LogP contribution in [0, 0.1) is 0 Å². The summed E-state index contributed by atoms with van der Waals surface area (Å²) in [5, 5.41) is 24.2. The number of phenolic OH excluding ortho intramolecular Hbond substituents is 1. The van der Waals surface area contributed by atoms with Crippen LogP contribution in [0.3, 0.4) is 0 Å². The summed E-state index contributed by atoms with van der Waals surface area (Å²) in [6.07, 6.45) is 2.07. The van der Waals surface area contributed by atoms with Gasteiger partial charge in [0.25, 0.3) is 0 Å². The molecule has 16 heteroatoms. The maximum Gasteiger partial charge on any atom is 0.243 e. The molecule has 280 valence electrons. The van der Waals surface area contributed by atoms with Crippen LogP contribution in [0.5, 0.6) is 5.75 Å². The summed E-state index contributed by atoms with van der Waals surface area (Å²) in [4.78, 5) is 66.2. The van der Waals surface area contributed by atoms with Crippen LogP contribution in [0.2, 0.25) is 0 Å². The standard InChI is InChI=1S/C35H54N10O6/c36-12-2-8-27(33(49)41-15-4-7-25(39)31(47)42-16-14-38)44-35(51)29-18-21-5-1-6-22(17-21)23-10-11-30(46)24(19-23)20-26(40)32(48)43-28(9-3-13-37)34(50)45-29/h1,5-6,10-11,17,19,25-29,46H,2-4,7-9,12-16,18,20,36-40H2,(H,41,49)(H,42,47)(H,43,48)(H,44,51)(H,45,50)/t25-,26-,27+,28-,29-/m0/s1. The molecule has 0 unspecified atom stereocenters. The Morgan fingerprint density at radius 2 is 1.55 bits per heavy atom. The van der Waals surface area contributed by atoms with E-state index in [1.54, 1.807) is 12.1 Å². The number of phenols is 1. The van der Waals surface area contributed by atoms with Crippen molar-refractivity contribution in [1.82, 2.24) is 26.6 Å². The molecule has 2 aromatic rings. The van der Waals surface area contributed by atoms with Crippen molar-refractivity contribution in [2.24, 2.45) is 28.7 Å².